The van der Waals surface area contributed by atoms with Crippen molar-refractivity contribution in [2.45, 2.75) is 43.6 Å². The molecule has 1 aromatic carbocycles. The first-order valence-electron chi connectivity index (χ1n) is 9.87. The molecule has 3 aliphatic heterocycles. The lowest BCUT2D eigenvalue weighted by atomic mass is 9.94. The van der Waals surface area contributed by atoms with Crippen LogP contribution in [-0.2, 0) is 14.3 Å². The van der Waals surface area contributed by atoms with E-state index in [1.165, 1.54) is 0 Å². The highest BCUT2D eigenvalue weighted by atomic mass is 16.7. The average molecular weight is 406 g/mol. The Bertz CT molecular complexity index is 771. The molecule has 2 saturated heterocycles. The molecule has 3 heterocycles. The van der Waals surface area contributed by atoms with Crippen molar-refractivity contribution in [2.24, 2.45) is 0 Å². The number of carbonyl (C=O) groups is 2. The molecule has 4 rings (SSSR count). The first-order valence-corrected chi connectivity index (χ1v) is 9.87. The minimum atomic E-state index is -0.780. The molecule has 0 aliphatic carbocycles. The molecule has 2 N–H and O–H groups in total. The van der Waals surface area contributed by atoms with Crippen molar-refractivity contribution < 1.29 is 33.6 Å². The van der Waals surface area contributed by atoms with E-state index < -0.39 is 6.10 Å². The number of nitrogens with zero attached hydrogens (tertiary/aromatic N) is 1. The van der Waals surface area contributed by atoms with Gasteiger partial charge in [0.25, 0.3) is 5.91 Å². The summed E-state index contributed by atoms with van der Waals surface area (Å²) in [6.07, 6.45) is 0.236. The molecule has 0 spiro atoms. The third-order valence-electron chi connectivity index (χ3n) is 5.55. The van der Waals surface area contributed by atoms with Gasteiger partial charge in [-0.25, -0.2) is 0 Å². The van der Waals surface area contributed by atoms with E-state index in [9.17, 15) is 14.7 Å². The maximum atomic E-state index is 13.3. The van der Waals surface area contributed by atoms with Crippen LogP contribution in [-0.4, -0.2) is 79.8 Å². The summed E-state index contributed by atoms with van der Waals surface area (Å²) in [7, 11) is 1.60. The third-order valence-corrected chi connectivity index (χ3v) is 5.55. The summed E-state index contributed by atoms with van der Waals surface area (Å²) in [4.78, 5) is 26.7. The van der Waals surface area contributed by atoms with Crippen molar-refractivity contribution in [3.63, 3.8) is 0 Å². The van der Waals surface area contributed by atoms with Crippen molar-refractivity contribution in [2.75, 3.05) is 33.6 Å². The zero-order chi connectivity index (χ0) is 20.4. The van der Waals surface area contributed by atoms with Crippen molar-refractivity contribution in [1.29, 1.82) is 0 Å². The van der Waals surface area contributed by atoms with Crippen LogP contribution in [0.5, 0.6) is 11.5 Å². The summed E-state index contributed by atoms with van der Waals surface area (Å²) in [5, 5.41) is 12.9. The molecule has 158 valence electrons. The number of carbonyl (C=O) groups excluding carboxylic acids is 2. The number of ether oxygens (including phenoxy) is 4. The number of hydrogen-bond donors (Lipinski definition) is 2. The van der Waals surface area contributed by atoms with Crippen LogP contribution in [0.25, 0.3) is 0 Å². The van der Waals surface area contributed by atoms with E-state index >= 15 is 0 Å². The highest BCUT2D eigenvalue weighted by molar-refractivity contribution is 5.95. The molecule has 1 aromatic rings. The van der Waals surface area contributed by atoms with E-state index in [0.29, 0.717) is 29.9 Å². The lowest BCUT2D eigenvalue weighted by Gasteiger charge is -2.44. The molecule has 0 saturated carbocycles. The second kappa shape index (κ2) is 8.56. The monoisotopic (exact) mass is 406 g/mol. The Kier molecular flexibility index (Phi) is 5.89. The number of hydrogen-bond acceptors (Lipinski definition) is 7. The molecule has 9 heteroatoms. The first-order chi connectivity index (χ1) is 14.0. The SMILES string of the molecule is CNC(=O)C[C@H]1CC[C@H]2[C@@H](COC[C@H](O)CN2C(=O)c2ccc3c(c2)OCO3)O1. The highest BCUT2D eigenvalue weighted by Crippen LogP contribution is 2.34. The van der Waals surface area contributed by atoms with Crippen LogP contribution in [0.4, 0.5) is 0 Å². The quantitative estimate of drug-likeness (QED) is 0.744. The standard InChI is InChI=1S/C20H26N2O7/c1-21-19(24)7-14-3-4-15-18(29-14)10-26-9-13(23)8-22(15)20(25)12-2-5-16-17(6-12)28-11-27-16/h2,5-6,13-15,18,23H,3-4,7-11H2,1H3,(H,21,24)/t13-,14-,15+,18-/m1/s1. The lowest BCUT2D eigenvalue weighted by Crippen LogP contribution is -2.57. The van der Waals surface area contributed by atoms with E-state index in [0.717, 1.165) is 0 Å². The van der Waals surface area contributed by atoms with Crippen molar-refractivity contribution in [3.8, 4) is 11.5 Å². The Labute approximate surface area is 168 Å². The normalized spacial score (nSPS) is 28.8. The second-order valence-electron chi connectivity index (χ2n) is 7.54. The van der Waals surface area contributed by atoms with Gasteiger partial charge in [-0.15, -0.1) is 0 Å². The summed E-state index contributed by atoms with van der Waals surface area (Å²) in [5.74, 6) is 0.865. The first kappa shape index (κ1) is 19.9. The van der Waals surface area contributed by atoms with Crippen molar-refractivity contribution in [1.82, 2.24) is 10.2 Å². The molecular formula is C20H26N2O7. The molecule has 2 fully saturated rings. The fourth-order valence-electron chi connectivity index (χ4n) is 4.08. The molecule has 2 amide bonds. The van der Waals surface area contributed by atoms with Crippen LogP contribution in [0.3, 0.4) is 0 Å². The van der Waals surface area contributed by atoms with E-state index in [1.54, 1.807) is 30.1 Å². The summed E-state index contributed by atoms with van der Waals surface area (Å²) in [5.41, 5.74) is 0.467. The minimum absolute atomic E-state index is 0.0797. The predicted molar refractivity (Wildman–Crippen MR) is 101 cm³/mol. The predicted octanol–water partition coefficient (Wildman–Crippen LogP) is 0.301. The number of aliphatic hydroxyl groups excluding tert-OH is 1. The number of amides is 2. The Hall–Kier alpha value is -2.36. The Morgan fingerprint density at radius 3 is 2.86 bits per heavy atom. The Morgan fingerprint density at radius 2 is 2.03 bits per heavy atom. The van der Waals surface area contributed by atoms with Crippen LogP contribution in [0, 0.1) is 0 Å². The molecule has 9 nitrogen and oxygen atoms in total. The number of fused-ring (bicyclic) bond motifs is 2. The van der Waals surface area contributed by atoms with Gasteiger partial charge in [0.1, 0.15) is 6.10 Å². The largest absolute Gasteiger partial charge is 0.454 e. The zero-order valence-electron chi connectivity index (χ0n) is 16.3. The number of benzene rings is 1. The smallest absolute Gasteiger partial charge is 0.254 e. The van der Waals surface area contributed by atoms with Gasteiger partial charge in [0.15, 0.2) is 11.5 Å². The second-order valence-corrected chi connectivity index (χ2v) is 7.54. The summed E-state index contributed by atoms with van der Waals surface area (Å²) in [6.45, 7) is 0.671. The Balaban J connectivity index is 1.54. The van der Waals surface area contributed by atoms with Gasteiger partial charge in [-0.1, -0.05) is 0 Å². The maximum Gasteiger partial charge on any atom is 0.254 e. The van der Waals surface area contributed by atoms with Gasteiger partial charge in [-0.3, -0.25) is 9.59 Å². The number of aliphatic hydroxyl groups is 1. The van der Waals surface area contributed by atoms with E-state index in [4.69, 9.17) is 18.9 Å². The molecule has 29 heavy (non-hydrogen) atoms. The summed E-state index contributed by atoms with van der Waals surface area (Å²) < 4.78 is 22.4. The van der Waals surface area contributed by atoms with E-state index in [1.807, 2.05) is 0 Å². The third kappa shape index (κ3) is 4.31. The number of rotatable bonds is 3. The maximum absolute atomic E-state index is 13.3. The van der Waals surface area contributed by atoms with Gasteiger partial charge in [-0.2, -0.15) is 0 Å². The number of nitrogens with one attached hydrogen (secondary N) is 1. The van der Waals surface area contributed by atoms with Gasteiger partial charge < -0.3 is 34.3 Å². The van der Waals surface area contributed by atoms with Crippen molar-refractivity contribution >= 4 is 11.8 Å². The summed E-state index contributed by atoms with van der Waals surface area (Å²) in [6, 6.07) is 4.83. The van der Waals surface area contributed by atoms with Crippen LogP contribution in [0.1, 0.15) is 29.6 Å². The van der Waals surface area contributed by atoms with E-state index in [-0.39, 0.29) is 63.0 Å². The average Bonchev–Trinajstić information content (AvgIpc) is 3.18. The molecule has 0 aromatic heterocycles. The van der Waals surface area contributed by atoms with Crippen LogP contribution in [0.15, 0.2) is 18.2 Å². The van der Waals surface area contributed by atoms with Crippen molar-refractivity contribution in [3.05, 3.63) is 23.8 Å². The summed E-state index contributed by atoms with van der Waals surface area (Å²) >= 11 is 0. The molecule has 0 unspecified atom stereocenters. The number of β-amino-alcohol motifs (C(OH)–C–C–N with tert-alkyl or cyclic N) is 1. The van der Waals surface area contributed by atoms with Gasteiger partial charge >= 0.3 is 0 Å². The van der Waals surface area contributed by atoms with E-state index in [2.05, 4.69) is 5.32 Å². The van der Waals surface area contributed by atoms with Gasteiger partial charge in [0.2, 0.25) is 12.7 Å². The van der Waals surface area contributed by atoms with Crippen LogP contribution >= 0.6 is 0 Å². The van der Waals surface area contributed by atoms with Crippen LogP contribution in [0.2, 0.25) is 0 Å². The van der Waals surface area contributed by atoms with Gasteiger partial charge in [-0.05, 0) is 31.0 Å². The minimum Gasteiger partial charge on any atom is -0.454 e. The molecule has 3 aliphatic rings. The van der Waals surface area contributed by atoms with Gasteiger partial charge in [0, 0.05) is 19.2 Å². The fourth-order valence-corrected chi connectivity index (χ4v) is 4.08. The highest BCUT2D eigenvalue weighted by Gasteiger charge is 2.40. The van der Waals surface area contributed by atoms with Crippen LogP contribution < -0.4 is 14.8 Å². The topological polar surface area (TPSA) is 107 Å². The fraction of sp³-hybridized carbons (Fsp3) is 0.600. The molecule has 0 bridgehead atoms. The molecular weight excluding hydrogens is 380 g/mol. The van der Waals surface area contributed by atoms with Gasteiger partial charge in [0.05, 0.1) is 37.9 Å². The molecule has 0 radical (unpaired) electrons. The zero-order valence-corrected chi connectivity index (χ0v) is 16.3. The molecule has 4 atom stereocenters. The Morgan fingerprint density at radius 1 is 1.21 bits per heavy atom. The lowest BCUT2D eigenvalue weighted by molar-refractivity contribution is -0.150.